The van der Waals surface area contributed by atoms with Gasteiger partial charge < -0.3 is 9.73 Å². The lowest BCUT2D eigenvalue weighted by Gasteiger charge is -2.13. The van der Waals surface area contributed by atoms with E-state index in [-0.39, 0.29) is 23.5 Å². The molecule has 1 heterocycles. The standard InChI is InChI=1S/C22H23NO3S/c1-16-8-10-18(11-9-16)14-27(25)15-20-12-13-21(26-20)22(24)23-17(2)19-6-4-3-5-7-19/h3-13,17H,14-15H2,1-2H3,(H,23,24)/t17-,27+/m1/s1. The lowest BCUT2D eigenvalue weighted by atomic mass is 10.1. The van der Waals surface area contributed by atoms with E-state index in [1.165, 1.54) is 5.56 Å². The molecule has 3 aromatic rings. The van der Waals surface area contributed by atoms with E-state index in [4.69, 9.17) is 4.42 Å². The zero-order chi connectivity index (χ0) is 19.2. The fraction of sp³-hybridized carbons (Fsp3) is 0.227. The maximum atomic E-state index is 12.4. The highest BCUT2D eigenvalue weighted by Gasteiger charge is 2.16. The van der Waals surface area contributed by atoms with Crippen molar-refractivity contribution < 1.29 is 13.4 Å². The zero-order valence-corrected chi connectivity index (χ0v) is 16.3. The highest BCUT2D eigenvalue weighted by atomic mass is 32.2. The van der Waals surface area contributed by atoms with E-state index in [0.717, 1.165) is 11.1 Å². The SMILES string of the molecule is Cc1ccc(C[S@](=O)Cc2ccc(C(=O)N[C@H](C)c3ccccc3)o2)cc1. The number of nitrogens with one attached hydrogen (secondary N) is 1. The second-order valence-electron chi connectivity index (χ2n) is 6.59. The number of amides is 1. The van der Waals surface area contributed by atoms with E-state index in [1.54, 1.807) is 12.1 Å². The van der Waals surface area contributed by atoms with Gasteiger partial charge in [0.15, 0.2) is 5.76 Å². The van der Waals surface area contributed by atoms with Crippen LogP contribution in [0, 0.1) is 6.92 Å². The van der Waals surface area contributed by atoms with Gasteiger partial charge in [0.1, 0.15) is 5.76 Å². The van der Waals surface area contributed by atoms with Crippen molar-refractivity contribution in [3.05, 3.63) is 94.9 Å². The molecule has 0 aliphatic heterocycles. The number of carbonyl (C=O) groups is 1. The molecule has 1 amide bonds. The molecule has 0 bridgehead atoms. The molecular weight excluding hydrogens is 358 g/mol. The summed E-state index contributed by atoms with van der Waals surface area (Å²) in [6.45, 7) is 3.95. The maximum Gasteiger partial charge on any atom is 0.287 e. The second kappa shape index (κ2) is 8.82. The van der Waals surface area contributed by atoms with Crippen LogP contribution in [0.2, 0.25) is 0 Å². The number of aryl methyl sites for hydroxylation is 1. The highest BCUT2D eigenvalue weighted by molar-refractivity contribution is 7.83. The molecule has 0 aliphatic carbocycles. The molecule has 1 aromatic heterocycles. The summed E-state index contributed by atoms with van der Waals surface area (Å²) in [5.74, 6) is 1.27. The van der Waals surface area contributed by atoms with Gasteiger partial charge in [-0.1, -0.05) is 60.2 Å². The summed E-state index contributed by atoms with van der Waals surface area (Å²) in [6, 6.07) is 21.0. The molecule has 27 heavy (non-hydrogen) atoms. The quantitative estimate of drug-likeness (QED) is 0.654. The van der Waals surface area contributed by atoms with Crippen molar-refractivity contribution in [1.29, 1.82) is 0 Å². The van der Waals surface area contributed by atoms with Gasteiger partial charge in [-0.3, -0.25) is 9.00 Å². The number of rotatable bonds is 7. The molecule has 140 valence electrons. The Morgan fingerprint density at radius 3 is 2.41 bits per heavy atom. The monoisotopic (exact) mass is 381 g/mol. The van der Waals surface area contributed by atoms with Gasteiger partial charge >= 0.3 is 0 Å². The molecule has 0 fully saturated rings. The molecule has 0 spiro atoms. The predicted octanol–water partition coefficient (Wildman–Crippen LogP) is 4.53. The second-order valence-corrected chi connectivity index (χ2v) is 8.04. The van der Waals surface area contributed by atoms with Crippen molar-refractivity contribution in [2.24, 2.45) is 0 Å². The topological polar surface area (TPSA) is 59.3 Å². The molecule has 0 saturated carbocycles. The van der Waals surface area contributed by atoms with Crippen molar-refractivity contribution in [2.45, 2.75) is 31.4 Å². The van der Waals surface area contributed by atoms with E-state index in [2.05, 4.69) is 5.32 Å². The van der Waals surface area contributed by atoms with Crippen LogP contribution in [0.5, 0.6) is 0 Å². The first-order valence-corrected chi connectivity index (χ1v) is 10.3. The lowest BCUT2D eigenvalue weighted by molar-refractivity contribution is 0.0910. The van der Waals surface area contributed by atoms with Crippen LogP contribution < -0.4 is 5.32 Å². The minimum absolute atomic E-state index is 0.122. The number of hydrogen-bond acceptors (Lipinski definition) is 3. The zero-order valence-electron chi connectivity index (χ0n) is 15.5. The van der Waals surface area contributed by atoms with Gasteiger partial charge in [-0.15, -0.1) is 0 Å². The van der Waals surface area contributed by atoms with Crippen LogP contribution in [0.25, 0.3) is 0 Å². The predicted molar refractivity (Wildman–Crippen MR) is 108 cm³/mol. The van der Waals surface area contributed by atoms with Crippen molar-refractivity contribution >= 4 is 16.7 Å². The summed E-state index contributed by atoms with van der Waals surface area (Å²) in [7, 11) is -1.09. The summed E-state index contributed by atoms with van der Waals surface area (Å²) < 4.78 is 18.0. The molecule has 0 saturated heterocycles. The van der Waals surface area contributed by atoms with Crippen LogP contribution in [0.4, 0.5) is 0 Å². The number of furan rings is 1. The van der Waals surface area contributed by atoms with E-state index in [0.29, 0.717) is 11.5 Å². The van der Waals surface area contributed by atoms with E-state index in [9.17, 15) is 9.00 Å². The minimum Gasteiger partial charge on any atom is -0.455 e. The molecule has 2 aromatic carbocycles. The molecule has 1 N–H and O–H groups in total. The average Bonchev–Trinajstić information content (AvgIpc) is 3.13. The maximum absolute atomic E-state index is 12.4. The van der Waals surface area contributed by atoms with Gasteiger partial charge in [0.05, 0.1) is 11.8 Å². The third-order valence-electron chi connectivity index (χ3n) is 4.28. The van der Waals surface area contributed by atoms with Crippen molar-refractivity contribution in [1.82, 2.24) is 5.32 Å². The van der Waals surface area contributed by atoms with Crippen molar-refractivity contribution in [2.75, 3.05) is 0 Å². The Labute approximate surface area is 162 Å². The van der Waals surface area contributed by atoms with Crippen LogP contribution in [0.1, 0.15) is 46.0 Å². The number of benzene rings is 2. The summed E-state index contributed by atoms with van der Waals surface area (Å²) >= 11 is 0. The third-order valence-corrected chi connectivity index (χ3v) is 5.55. The summed E-state index contributed by atoms with van der Waals surface area (Å²) in [4.78, 5) is 12.4. The third kappa shape index (κ3) is 5.41. The molecule has 0 unspecified atom stereocenters. The molecule has 5 heteroatoms. The van der Waals surface area contributed by atoms with Crippen molar-refractivity contribution in [3.63, 3.8) is 0 Å². The van der Waals surface area contributed by atoms with Crippen LogP contribution >= 0.6 is 0 Å². The Hall–Kier alpha value is -2.66. The Morgan fingerprint density at radius 1 is 1.00 bits per heavy atom. The molecule has 4 nitrogen and oxygen atoms in total. The van der Waals surface area contributed by atoms with Gasteiger partial charge in [0.25, 0.3) is 5.91 Å². The Bertz CT molecular complexity index is 916. The van der Waals surface area contributed by atoms with Gasteiger partial charge in [-0.2, -0.15) is 0 Å². The summed E-state index contributed by atoms with van der Waals surface area (Å²) in [6.07, 6.45) is 0. The smallest absolute Gasteiger partial charge is 0.287 e. The Morgan fingerprint density at radius 2 is 1.70 bits per heavy atom. The van der Waals surface area contributed by atoms with Crippen LogP contribution in [-0.2, 0) is 22.3 Å². The lowest BCUT2D eigenvalue weighted by Crippen LogP contribution is -2.26. The highest BCUT2D eigenvalue weighted by Crippen LogP contribution is 2.16. The van der Waals surface area contributed by atoms with Gasteiger partial charge in [0.2, 0.25) is 0 Å². The molecule has 0 aliphatic rings. The number of carbonyl (C=O) groups excluding carboxylic acids is 1. The fourth-order valence-corrected chi connectivity index (χ4v) is 3.89. The average molecular weight is 381 g/mol. The van der Waals surface area contributed by atoms with Gasteiger partial charge in [-0.05, 0) is 37.1 Å². The summed E-state index contributed by atoms with van der Waals surface area (Å²) in [5, 5.41) is 2.92. The molecule has 0 radical (unpaired) electrons. The van der Waals surface area contributed by atoms with E-state index in [1.807, 2.05) is 68.4 Å². The molecule has 2 atom stereocenters. The molecule has 3 rings (SSSR count). The van der Waals surface area contributed by atoms with Gasteiger partial charge in [-0.25, -0.2) is 0 Å². The minimum atomic E-state index is -1.09. The van der Waals surface area contributed by atoms with Crippen molar-refractivity contribution in [3.8, 4) is 0 Å². The summed E-state index contributed by atoms with van der Waals surface area (Å²) in [5.41, 5.74) is 3.23. The Kier molecular flexibility index (Phi) is 6.24. The van der Waals surface area contributed by atoms with E-state index >= 15 is 0 Å². The normalized spacial score (nSPS) is 13.1. The van der Waals surface area contributed by atoms with Gasteiger partial charge in [0, 0.05) is 16.6 Å². The largest absolute Gasteiger partial charge is 0.455 e. The van der Waals surface area contributed by atoms with Crippen LogP contribution in [0.3, 0.4) is 0 Å². The van der Waals surface area contributed by atoms with E-state index < -0.39 is 10.8 Å². The molecular formula is C22H23NO3S. The first-order chi connectivity index (χ1) is 13.0. The Balaban J connectivity index is 1.56. The first kappa shape index (κ1) is 19.1. The number of hydrogen-bond donors (Lipinski definition) is 1. The van der Waals surface area contributed by atoms with Crippen LogP contribution in [0.15, 0.2) is 71.1 Å². The first-order valence-electron chi connectivity index (χ1n) is 8.86. The van der Waals surface area contributed by atoms with Crippen LogP contribution in [-0.4, -0.2) is 10.1 Å². The fourth-order valence-electron chi connectivity index (χ4n) is 2.75.